The van der Waals surface area contributed by atoms with Crippen LogP contribution in [0.5, 0.6) is 5.75 Å². The molecule has 0 unspecified atom stereocenters. The molecule has 0 atom stereocenters. The zero-order valence-corrected chi connectivity index (χ0v) is 14.7. The van der Waals surface area contributed by atoms with Gasteiger partial charge in [-0.05, 0) is 24.6 Å². The molecule has 1 rings (SSSR count). The number of carbonyl (C=O) groups excluding carboxylic acids is 2. The average molecular weight is 357 g/mol. The molecule has 0 aliphatic carbocycles. The van der Waals surface area contributed by atoms with Crippen LogP contribution in [-0.2, 0) is 19.0 Å². The number of rotatable bonds is 9. The number of methoxy groups -OCH3 is 2. The Hall–Kier alpha value is -2.21. The number of ether oxygens (including phenoxy) is 4. The topological polar surface area (TPSA) is 71.1 Å². The maximum atomic E-state index is 12.2. The van der Waals surface area contributed by atoms with Gasteiger partial charge in [-0.15, -0.1) is 0 Å². The van der Waals surface area contributed by atoms with E-state index in [0.717, 1.165) is 25.5 Å². The maximum Gasteiger partial charge on any atom is 0.377 e. The van der Waals surface area contributed by atoms with Crippen LogP contribution in [0.15, 0.2) is 30.2 Å². The summed E-state index contributed by atoms with van der Waals surface area (Å²) in [4.78, 5) is 23.9. The highest BCUT2D eigenvalue weighted by atomic mass is 35.5. The smallest absolute Gasteiger partial charge is 0.377 e. The van der Waals surface area contributed by atoms with Gasteiger partial charge in [-0.2, -0.15) is 0 Å². The van der Waals surface area contributed by atoms with Crippen molar-refractivity contribution in [1.29, 1.82) is 0 Å². The van der Waals surface area contributed by atoms with Crippen LogP contribution in [0.25, 0.3) is 0 Å². The van der Waals surface area contributed by atoms with Crippen LogP contribution in [0.3, 0.4) is 0 Å². The van der Waals surface area contributed by atoms with Crippen molar-refractivity contribution >= 4 is 23.5 Å². The van der Waals surface area contributed by atoms with E-state index in [2.05, 4.69) is 11.7 Å². The molecule has 0 bridgehead atoms. The first-order valence-electron chi connectivity index (χ1n) is 7.49. The first-order valence-corrected chi connectivity index (χ1v) is 7.87. The first-order chi connectivity index (χ1) is 11.5. The maximum absolute atomic E-state index is 12.2. The Kier molecular flexibility index (Phi) is 8.71. The SMILES string of the molecule is CCCCCOC(=O)c1cc(Cl)ccc1OC(=COC)C(=O)OC. The van der Waals surface area contributed by atoms with Gasteiger partial charge in [0.25, 0.3) is 0 Å². The Morgan fingerprint density at radius 2 is 1.96 bits per heavy atom. The summed E-state index contributed by atoms with van der Waals surface area (Å²) in [5.74, 6) is -1.41. The molecule has 0 spiro atoms. The molecule has 0 radical (unpaired) electrons. The zero-order chi connectivity index (χ0) is 17.9. The summed E-state index contributed by atoms with van der Waals surface area (Å²) in [7, 11) is 2.57. The van der Waals surface area contributed by atoms with Crippen molar-refractivity contribution in [3.05, 3.63) is 40.8 Å². The van der Waals surface area contributed by atoms with Gasteiger partial charge in [0.05, 0.1) is 20.8 Å². The van der Waals surface area contributed by atoms with Crippen molar-refractivity contribution in [3.8, 4) is 5.75 Å². The molecule has 132 valence electrons. The van der Waals surface area contributed by atoms with E-state index in [1.54, 1.807) is 0 Å². The molecular formula is C17H21ClO6. The first kappa shape index (κ1) is 19.8. The minimum atomic E-state index is -0.742. The van der Waals surface area contributed by atoms with E-state index in [1.807, 2.05) is 0 Å². The lowest BCUT2D eigenvalue weighted by atomic mass is 10.2. The summed E-state index contributed by atoms with van der Waals surface area (Å²) >= 11 is 5.94. The van der Waals surface area contributed by atoms with Crippen molar-refractivity contribution in [3.63, 3.8) is 0 Å². The van der Waals surface area contributed by atoms with Gasteiger partial charge in [0.2, 0.25) is 5.76 Å². The minimum Gasteiger partial charge on any atom is -0.500 e. The standard InChI is InChI=1S/C17H21ClO6/c1-4-5-6-9-23-16(19)13-10-12(18)7-8-14(13)24-15(11-21-2)17(20)22-3/h7-8,10-11H,4-6,9H2,1-3H3. The van der Waals surface area contributed by atoms with Gasteiger partial charge < -0.3 is 18.9 Å². The predicted molar refractivity (Wildman–Crippen MR) is 89.0 cm³/mol. The molecule has 6 nitrogen and oxygen atoms in total. The fourth-order valence-electron chi connectivity index (χ4n) is 1.79. The normalized spacial score (nSPS) is 10.9. The fourth-order valence-corrected chi connectivity index (χ4v) is 1.96. The second kappa shape index (κ2) is 10.5. The zero-order valence-electron chi connectivity index (χ0n) is 14.0. The summed E-state index contributed by atoms with van der Waals surface area (Å²) in [5, 5.41) is 0.346. The third kappa shape index (κ3) is 6.12. The number of carbonyl (C=O) groups is 2. The highest BCUT2D eigenvalue weighted by Gasteiger charge is 2.20. The Morgan fingerprint density at radius 1 is 1.21 bits per heavy atom. The van der Waals surface area contributed by atoms with E-state index in [4.69, 9.17) is 25.8 Å². The van der Waals surface area contributed by atoms with Gasteiger partial charge in [0, 0.05) is 5.02 Å². The lowest BCUT2D eigenvalue weighted by molar-refractivity contribution is -0.138. The summed E-state index contributed by atoms with van der Waals surface area (Å²) < 4.78 is 20.0. The molecule has 0 saturated carbocycles. The van der Waals surface area contributed by atoms with E-state index in [9.17, 15) is 9.59 Å². The molecule has 24 heavy (non-hydrogen) atoms. The Labute approximate surface area is 146 Å². The molecule has 0 aromatic heterocycles. The molecule has 7 heteroatoms. The van der Waals surface area contributed by atoms with Gasteiger partial charge in [-0.1, -0.05) is 31.4 Å². The molecule has 1 aromatic carbocycles. The van der Waals surface area contributed by atoms with Crippen LogP contribution in [0.1, 0.15) is 36.5 Å². The van der Waals surface area contributed by atoms with Gasteiger partial charge in [0.15, 0.2) is 0 Å². The fraction of sp³-hybridized carbons (Fsp3) is 0.412. The van der Waals surface area contributed by atoms with Crippen molar-refractivity contribution < 1.29 is 28.5 Å². The molecule has 0 amide bonds. The molecule has 0 aliphatic rings. The number of halogens is 1. The van der Waals surface area contributed by atoms with Crippen LogP contribution in [-0.4, -0.2) is 32.8 Å². The second-order valence-electron chi connectivity index (χ2n) is 4.79. The molecule has 0 heterocycles. The average Bonchev–Trinajstić information content (AvgIpc) is 2.58. The van der Waals surface area contributed by atoms with Crippen LogP contribution in [0.4, 0.5) is 0 Å². The Balaban J connectivity index is 2.96. The van der Waals surface area contributed by atoms with Gasteiger partial charge >= 0.3 is 11.9 Å². The Morgan fingerprint density at radius 3 is 2.58 bits per heavy atom. The van der Waals surface area contributed by atoms with Gasteiger partial charge in [0.1, 0.15) is 17.6 Å². The molecule has 1 aromatic rings. The number of hydrogen-bond donors (Lipinski definition) is 0. The third-order valence-corrected chi connectivity index (χ3v) is 3.21. The third-order valence-electron chi connectivity index (χ3n) is 2.97. The van der Waals surface area contributed by atoms with E-state index in [-0.39, 0.29) is 17.1 Å². The summed E-state index contributed by atoms with van der Waals surface area (Å²) in [6.07, 6.45) is 3.84. The van der Waals surface area contributed by atoms with Crippen molar-refractivity contribution in [2.75, 3.05) is 20.8 Å². The van der Waals surface area contributed by atoms with Gasteiger partial charge in [-0.25, -0.2) is 9.59 Å². The van der Waals surface area contributed by atoms with Crippen molar-refractivity contribution in [2.24, 2.45) is 0 Å². The van der Waals surface area contributed by atoms with Crippen LogP contribution in [0, 0.1) is 0 Å². The largest absolute Gasteiger partial charge is 0.500 e. The molecule has 0 fully saturated rings. The highest BCUT2D eigenvalue weighted by molar-refractivity contribution is 6.31. The van der Waals surface area contributed by atoms with E-state index in [1.165, 1.54) is 32.4 Å². The van der Waals surface area contributed by atoms with Crippen LogP contribution < -0.4 is 4.74 Å². The van der Waals surface area contributed by atoms with Crippen LogP contribution >= 0.6 is 11.6 Å². The lowest BCUT2D eigenvalue weighted by Gasteiger charge is -2.12. The van der Waals surface area contributed by atoms with E-state index in [0.29, 0.717) is 11.6 Å². The van der Waals surface area contributed by atoms with E-state index >= 15 is 0 Å². The number of hydrogen-bond acceptors (Lipinski definition) is 6. The predicted octanol–water partition coefficient (Wildman–Crippen LogP) is 3.73. The number of esters is 2. The lowest BCUT2D eigenvalue weighted by Crippen LogP contribution is -2.14. The van der Waals surface area contributed by atoms with Crippen molar-refractivity contribution in [1.82, 2.24) is 0 Å². The number of unbranched alkanes of at least 4 members (excludes halogenated alkanes) is 2. The highest BCUT2D eigenvalue weighted by Crippen LogP contribution is 2.26. The van der Waals surface area contributed by atoms with Crippen LogP contribution in [0.2, 0.25) is 5.02 Å². The summed E-state index contributed by atoms with van der Waals surface area (Å²) in [5.41, 5.74) is 0.116. The van der Waals surface area contributed by atoms with Gasteiger partial charge in [-0.3, -0.25) is 0 Å². The molecule has 0 saturated heterocycles. The second-order valence-corrected chi connectivity index (χ2v) is 5.23. The molecule has 0 aliphatic heterocycles. The quantitative estimate of drug-likeness (QED) is 0.290. The molecule has 0 N–H and O–H groups in total. The monoisotopic (exact) mass is 356 g/mol. The van der Waals surface area contributed by atoms with E-state index < -0.39 is 11.9 Å². The number of benzene rings is 1. The summed E-state index contributed by atoms with van der Waals surface area (Å²) in [6.45, 7) is 2.36. The Bertz CT molecular complexity index is 597. The minimum absolute atomic E-state index is 0.116. The molecular weight excluding hydrogens is 336 g/mol. The summed E-state index contributed by atoms with van der Waals surface area (Å²) in [6, 6.07) is 4.42. The van der Waals surface area contributed by atoms with Crippen molar-refractivity contribution in [2.45, 2.75) is 26.2 Å².